The van der Waals surface area contributed by atoms with E-state index in [0.717, 1.165) is 40.5 Å². The first-order valence-electron chi connectivity index (χ1n) is 9.01. The number of hydrogen-bond acceptors (Lipinski definition) is 3. The molecule has 1 aliphatic carbocycles. The average Bonchev–Trinajstić information content (AvgIpc) is 2.55. The smallest absolute Gasteiger partial charge is 0.306 e. The summed E-state index contributed by atoms with van der Waals surface area (Å²) in [5.74, 6) is 0.625. The lowest BCUT2D eigenvalue weighted by molar-refractivity contribution is -0.147. The Hall–Kier alpha value is -2.29. The van der Waals surface area contributed by atoms with Crippen molar-refractivity contribution in [3.63, 3.8) is 0 Å². The lowest BCUT2D eigenvalue weighted by Crippen LogP contribution is -2.21. The van der Waals surface area contributed by atoms with Crippen molar-refractivity contribution in [2.24, 2.45) is 0 Å². The molecule has 1 atom stereocenters. The Morgan fingerprint density at radius 2 is 1.84 bits per heavy atom. The molecule has 3 heteroatoms. The van der Waals surface area contributed by atoms with Gasteiger partial charge < -0.3 is 9.47 Å². The van der Waals surface area contributed by atoms with Gasteiger partial charge in [-0.2, -0.15) is 0 Å². The molecule has 0 saturated heterocycles. The van der Waals surface area contributed by atoms with Crippen LogP contribution in [0.1, 0.15) is 64.2 Å². The Labute approximate surface area is 149 Å². The van der Waals surface area contributed by atoms with Gasteiger partial charge in [-0.25, -0.2) is 0 Å². The van der Waals surface area contributed by atoms with Crippen LogP contribution in [0.15, 0.2) is 42.5 Å². The van der Waals surface area contributed by atoms with Crippen LogP contribution in [0, 0.1) is 0 Å². The Kier molecular flexibility index (Phi) is 4.85. The highest BCUT2D eigenvalue weighted by atomic mass is 16.5. The van der Waals surface area contributed by atoms with Crippen LogP contribution in [0.5, 0.6) is 0 Å². The van der Waals surface area contributed by atoms with Gasteiger partial charge in [-0.05, 0) is 38.0 Å². The normalized spacial score (nSPS) is 16.5. The van der Waals surface area contributed by atoms with Gasteiger partial charge in [0.2, 0.25) is 0 Å². The van der Waals surface area contributed by atoms with Gasteiger partial charge in [0.05, 0.1) is 0 Å². The third kappa shape index (κ3) is 3.87. The molecular weight excluding hydrogens is 312 g/mol. The van der Waals surface area contributed by atoms with Gasteiger partial charge >= 0.3 is 5.97 Å². The molecule has 3 rings (SSSR count). The lowest BCUT2D eigenvalue weighted by atomic mass is 9.90. The second-order valence-corrected chi connectivity index (χ2v) is 7.51. The van der Waals surface area contributed by atoms with Gasteiger partial charge in [-0.3, -0.25) is 4.79 Å². The topological polar surface area (TPSA) is 35.5 Å². The van der Waals surface area contributed by atoms with Gasteiger partial charge in [0.25, 0.3) is 0 Å². The average molecular weight is 338 g/mol. The molecule has 0 fully saturated rings. The Morgan fingerprint density at radius 3 is 2.52 bits per heavy atom. The van der Waals surface area contributed by atoms with Crippen molar-refractivity contribution < 1.29 is 14.3 Å². The molecule has 2 aromatic rings. The maximum atomic E-state index is 12.2. The largest absolute Gasteiger partial charge is 0.488 e. The predicted molar refractivity (Wildman–Crippen MR) is 101 cm³/mol. The SMILES string of the molecule is CCCCC(=O)OC1C=C(OC(C)(C)C)c2cccc3cccc1c23. The summed E-state index contributed by atoms with van der Waals surface area (Å²) in [7, 11) is 0. The van der Waals surface area contributed by atoms with Crippen LogP contribution in [0.3, 0.4) is 0 Å². The second kappa shape index (κ2) is 6.91. The fraction of sp³-hybridized carbons (Fsp3) is 0.409. The maximum absolute atomic E-state index is 12.2. The van der Waals surface area contributed by atoms with E-state index < -0.39 is 6.10 Å². The fourth-order valence-corrected chi connectivity index (χ4v) is 3.17. The van der Waals surface area contributed by atoms with Crippen molar-refractivity contribution in [2.75, 3.05) is 0 Å². The summed E-state index contributed by atoms with van der Waals surface area (Å²) >= 11 is 0. The molecular formula is C22H26O3. The Morgan fingerprint density at radius 1 is 1.12 bits per heavy atom. The fourth-order valence-electron chi connectivity index (χ4n) is 3.17. The minimum Gasteiger partial charge on any atom is -0.488 e. The Balaban J connectivity index is 2.03. The number of rotatable bonds is 5. The number of benzene rings is 2. The molecule has 3 nitrogen and oxygen atoms in total. The zero-order chi connectivity index (χ0) is 18.0. The highest BCUT2D eigenvalue weighted by Crippen LogP contribution is 2.41. The van der Waals surface area contributed by atoms with Crippen molar-refractivity contribution in [1.82, 2.24) is 0 Å². The van der Waals surface area contributed by atoms with E-state index in [1.165, 1.54) is 0 Å². The van der Waals surface area contributed by atoms with Crippen LogP contribution in [0.2, 0.25) is 0 Å². The number of carbonyl (C=O) groups is 1. The number of esters is 1. The van der Waals surface area contributed by atoms with E-state index in [4.69, 9.17) is 9.47 Å². The first-order valence-corrected chi connectivity index (χ1v) is 9.01. The summed E-state index contributed by atoms with van der Waals surface area (Å²) in [6, 6.07) is 12.3. The molecule has 25 heavy (non-hydrogen) atoms. The van der Waals surface area contributed by atoms with E-state index >= 15 is 0 Å². The third-order valence-electron chi connectivity index (χ3n) is 4.22. The summed E-state index contributed by atoms with van der Waals surface area (Å²) < 4.78 is 12.0. The highest BCUT2D eigenvalue weighted by Gasteiger charge is 2.27. The van der Waals surface area contributed by atoms with Crippen LogP contribution >= 0.6 is 0 Å². The minimum absolute atomic E-state index is 0.158. The molecule has 0 N–H and O–H groups in total. The lowest BCUT2D eigenvalue weighted by Gasteiger charge is -2.29. The monoisotopic (exact) mass is 338 g/mol. The van der Waals surface area contributed by atoms with E-state index in [2.05, 4.69) is 25.1 Å². The molecule has 2 aromatic carbocycles. The molecule has 0 amide bonds. The molecule has 0 saturated carbocycles. The van der Waals surface area contributed by atoms with Gasteiger partial charge in [0.1, 0.15) is 17.5 Å². The zero-order valence-corrected chi connectivity index (χ0v) is 15.5. The minimum atomic E-state index is -0.402. The van der Waals surface area contributed by atoms with E-state index in [9.17, 15) is 4.79 Å². The number of carbonyl (C=O) groups excluding carboxylic acids is 1. The second-order valence-electron chi connectivity index (χ2n) is 7.51. The van der Waals surface area contributed by atoms with E-state index in [1.807, 2.05) is 45.0 Å². The third-order valence-corrected chi connectivity index (χ3v) is 4.22. The summed E-state index contributed by atoms with van der Waals surface area (Å²) in [6.45, 7) is 8.14. The number of unbranched alkanes of at least 4 members (excludes halogenated alkanes) is 1. The summed E-state index contributed by atoms with van der Waals surface area (Å²) in [6.07, 6.45) is 3.81. The van der Waals surface area contributed by atoms with Crippen LogP contribution in [-0.2, 0) is 14.3 Å². The van der Waals surface area contributed by atoms with Gasteiger partial charge in [-0.15, -0.1) is 0 Å². The van der Waals surface area contributed by atoms with Crippen molar-refractivity contribution in [2.45, 2.75) is 58.7 Å². The zero-order valence-electron chi connectivity index (χ0n) is 15.5. The van der Waals surface area contributed by atoms with Gasteiger partial charge in [0.15, 0.2) is 0 Å². The molecule has 0 spiro atoms. The van der Waals surface area contributed by atoms with Gasteiger partial charge in [0, 0.05) is 23.6 Å². The van der Waals surface area contributed by atoms with Crippen LogP contribution in [0.4, 0.5) is 0 Å². The number of ether oxygens (including phenoxy) is 2. The standard InChI is InChI=1S/C22H26O3/c1-5-6-13-20(23)24-18-14-19(25-22(2,3)4)17-12-8-10-15-9-7-11-16(18)21(15)17/h7-12,14,18H,5-6,13H2,1-4H3. The first-order chi connectivity index (χ1) is 11.9. The van der Waals surface area contributed by atoms with Gasteiger partial charge in [-0.1, -0.05) is 49.7 Å². The van der Waals surface area contributed by atoms with E-state index in [-0.39, 0.29) is 11.6 Å². The van der Waals surface area contributed by atoms with Crippen molar-refractivity contribution in [3.05, 3.63) is 53.6 Å². The molecule has 1 unspecified atom stereocenters. The van der Waals surface area contributed by atoms with Crippen molar-refractivity contribution in [1.29, 1.82) is 0 Å². The van der Waals surface area contributed by atoms with Crippen LogP contribution in [-0.4, -0.2) is 11.6 Å². The summed E-state index contributed by atoms with van der Waals surface area (Å²) in [5.41, 5.74) is 1.76. The summed E-state index contributed by atoms with van der Waals surface area (Å²) in [4.78, 5) is 12.2. The molecule has 0 aromatic heterocycles. The Bertz CT molecular complexity index is 806. The maximum Gasteiger partial charge on any atom is 0.306 e. The molecule has 0 aliphatic heterocycles. The molecule has 1 aliphatic rings. The molecule has 0 heterocycles. The van der Waals surface area contributed by atoms with E-state index in [1.54, 1.807) is 0 Å². The summed E-state index contributed by atoms with van der Waals surface area (Å²) in [5, 5.41) is 2.24. The predicted octanol–water partition coefficient (Wildman–Crippen LogP) is 5.78. The van der Waals surface area contributed by atoms with Crippen molar-refractivity contribution >= 4 is 22.5 Å². The quantitative estimate of drug-likeness (QED) is 0.648. The van der Waals surface area contributed by atoms with E-state index in [0.29, 0.717) is 6.42 Å². The highest BCUT2D eigenvalue weighted by molar-refractivity contribution is 5.97. The molecule has 0 radical (unpaired) electrons. The van der Waals surface area contributed by atoms with Crippen molar-refractivity contribution in [3.8, 4) is 0 Å². The first kappa shape index (κ1) is 17.5. The van der Waals surface area contributed by atoms with Crippen LogP contribution < -0.4 is 0 Å². The van der Waals surface area contributed by atoms with Crippen LogP contribution in [0.25, 0.3) is 16.5 Å². The number of hydrogen-bond donors (Lipinski definition) is 0. The molecule has 132 valence electrons. The molecule has 0 bridgehead atoms.